The molecule has 120 valence electrons. The van der Waals surface area contributed by atoms with E-state index in [1.54, 1.807) is 0 Å². The van der Waals surface area contributed by atoms with Crippen molar-refractivity contribution in [3.8, 4) is 0 Å². The summed E-state index contributed by atoms with van der Waals surface area (Å²) in [6.45, 7) is 2.86. The Bertz CT molecular complexity index is 487. The first-order chi connectivity index (χ1) is 10.7. The second kappa shape index (κ2) is 7.25. The minimum Gasteiger partial charge on any atom is -0.377 e. The molecule has 0 spiro atoms. The predicted molar refractivity (Wildman–Crippen MR) is 86.1 cm³/mol. The van der Waals surface area contributed by atoms with E-state index in [-0.39, 0.29) is 11.9 Å². The topological polar surface area (TPSA) is 55.6 Å². The molecule has 4 heteroatoms. The molecule has 1 saturated heterocycles. The van der Waals surface area contributed by atoms with E-state index in [1.165, 1.54) is 18.4 Å². The summed E-state index contributed by atoms with van der Waals surface area (Å²) in [4.78, 5) is 14.2. The number of amides is 1. The lowest BCUT2D eigenvalue weighted by atomic mass is 9.99. The van der Waals surface area contributed by atoms with E-state index in [0.717, 1.165) is 25.4 Å². The molecule has 0 unspecified atom stereocenters. The number of carbonyl (C=O) groups excluding carboxylic acids is 1. The molecule has 1 aliphatic heterocycles. The Morgan fingerprint density at radius 2 is 2.00 bits per heavy atom. The lowest BCUT2D eigenvalue weighted by Crippen LogP contribution is -2.32. The number of nitrogens with two attached hydrogens (primary N) is 1. The van der Waals surface area contributed by atoms with Gasteiger partial charge in [0, 0.05) is 32.2 Å². The molecule has 1 aromatic carbocycles. The van der Waals surface area contributed by atoms with Crippen molar-refractivity contribution >= 4 is 5.91 Å². The standard InChI is InChI=1S/C18H26N2O2/c19-17-12-20(11-16(17)15-8-9-15)18(21)7-4-10-22-13-14-5-2-1-3-6-14/h1-3,5-6,15-17H,4,7-13,19H2/t16-,17+/m0/s1. The summed E-state index contributed by atoms with van der Waals surface area (Å²) < 4.78 is 5.63. The van der Waals surface area contributed by atoms with Gasteiger partial charge >= 0.3 is 0 Å². The van der Waals surface area contributed by atoms with Gasteiger partial charge in [-0.1, -0.05) is 30.3 Å². The zero-order chi connectivity index (χ0) is 15.4. The lowest BCUT2D eigenvalue weighted by molar-refractivity contribution is -0.130. The van der Waals surface area contributed by atoms with Gasteiger partial charge in [-0.25, -0.2) is 0 Å². The van der Waals surface area contributed by atoms with Crippen LogP contribution in [0.5, 0.6) is 0 Å². The molecule has 2 atom stereocenters. The summed E-state index contributed by atoms with van der Waals surface area (Å²) in [5.41, 5.74) is 7.34. The summed E-state index contributed by atoms with van der Waals surface area (Å²) in [5.74, 6) is 1.56. The zero-order valence-corrected chi connectivity index (χ0v) is 13.1. The van der Waals surface area contributed by atoms with Crippen molar-refractivity contribution in [3.05, 3.63) is 35.9 Å². The highest BCUT2D eigenvalue weighted by molar-refractivity contribution is 5.76. The fraction of sp³-hybridized carbons (Fsp3) is 0.611. The average molecular weight is 302 g/mol. The van der Waals surface area contributed by atoms with Crippen LogP contribution in [0.2, 0.25) is 0 Å². The normalized spacial score (nSPS) is 24.7. The number of carbonyl (C=O) groups is 1. The van der Waals surface area contributed by atoms with Crippen molar-refractivity contribution in [2.75, 3.05) is 19.7 Å². The summed E-state index contributed by atoms with van der Waals surface area (Å²) in [6.07, 6.45) is 3.95. The Kier molecular flexibility index (Phi) is 5.11. The Labute approximate surface area is 132 Å². The first-order valence-electron chi connectivity index (χ1n) is 8.39. The Balaban J connectivity index is 1.31. The maximum Gasteiger partial charge on any atom is 0.222 e. The van der Waals surface area contributed by atoms with Crippen molar-refractivity contribution in [1.82, 2.24) is 4.90 Å². The van der Waals surface area contributed by atoms with Crippen LogP contribution in [0.4, 0.5) is 0 Å². The molecule has 22 heavy (non-hydrogen) atoms. The zero-order valence-electron chi connectivity index (χ0n) is 13.1. The highest BCUT2D eigenvalue weighted by atomic mass is 16.5. The van der Waals surface area contributed by atoms with Crippen LogP contribution in [0.1, 0.15) is 31.2 Å². The van der Waals surface area contributed by atoms with Crippen molar-refractivity contribution in [2.45, 2.75) is 38.3 Å². The molecule has 4 nitrogen and oxygen atoms in total. The predicted octanol–water partition coefficient (Wildman–Crippen LogP) is 2.18. The molecule has 1 saturated carbocycles. The van der Waals surface area contributed by atoms with Gasteiger partial charge in [-0.3, -0.25) is 4.79 Å². The van der Waals surface area contributed by atoms with Crippen LogP contribution >= 0.6 is 0 Å². The fourth-order valence-corrected chi connectivity index (χ4v) is 3.33. The Morgan fingerprint density at radius 1 is 1.23 bits per heavy atom. The van der Waals surface area contributed by atoms with Crippen LogP contribution in [0.15, 0.2) is 30.3 Å². The third-order valence-corrected chi connectivity index (χ3v) is 4.78. The quantitative estimate of drug-likeness (QED) is 0.785. The van der Waals surface area contributed by atoms with Crippen molar-refractivity contribution in [3.63, 3.8) is 0 Å². The van der Waals surface area contributed by atoms with Gasteiger partial charge in [-0.2, -0.15) is 0 Å². The number of likely N-dealkylation sites (tertiary alicyclic amines) is 1. The van der Waals surface area contributed by atoms with E-state index in [2.05, 4.69) is 12.1 Å². The van der Waals surface area contributed by atoms with Gasteiger partial charge in [0.05, 0.1) is 6.61 Å². The van der Waals surface area contributed by atoms with Gasteiger partial charge in [0.2, 0.25) is 5.91 Å². The molecule has 1 heterocycles. The summed E-state index contributed by atoms with van der Waals surface area (Å²) >= 11 is 0. The molecule has 2 fully saturated rings. The third kappa shape index (κ3) is 4.08. The second-order valence-corrected chi connectivity index (χ2v) is 6.61. The average Bonchev–Trinajstić information content (AvgIpc) is 3.30. The molecule has 0 radical (unpaired) electrons. The van der Waals surface area contributed by atoms with E-state index in [1.807, 2.05) is 23.1 Å². The van der Waals surface area contributed by atoms with Crippen LogP contribution in [-0.4, -0.2) is 36.5 Å². The van der Waals surface area contributed by atoms with E-state index in [9.17, 15) is 4.79 Å². The third-order valence-electron chi connectivity index (χ3n) is 4.78. The minimum atomic E-state index is 0.186. The van der Waals surface area contributed by atoms with Gasteiger partial charge < -0.3 is 15.4 Å². The molecular weight excluding hydrogens is 276 g/mol. The van der Waals surface area contributed by atoms with Gasteiger partial charge in [-0.05, 0) is 36.7 Å². The maximum atomic E-state index is 12.2. The van der Waals surface area contributed by atoms with Crippen LogP contribution < -0.4 is 5.73 Å². The van der Waals surface area contributed by atoms with Gasteiger partial charge in [-0.15, -0.1) is 0 Å². The van der Waals surface area contributed by atoms with E-state index in [4.69, 9.17) is 10.5 Å². The highest BCUT2D eigenvalue weighted by Gasteiger charge is 2.41. The van der Waals surface area contributed by atoms with E-state index >= 15 is 0 Å². The number of hydrogen-bond donors (Lipinski definition) is 1. The van der Waals surface area contributed by atoms with Crippen LogP contribution in [-0.2, 0) is 16.1 Å². The molecule has 0 aromatic heterocycles. The molecule has 2 N–H and O–H groups in total. The van der Waals surface area contributed by atoms with Crippen LogP contribution in [0, 0.1) is 11.8 Å². The van der Waals surface area contributed by atoms with Gasteiger partial charge in [0.25, 0.3) is 0 Å². The minimum absolute atomic E-state index is 0.186. The lowest BCUT2D eigenvalue weighted by Gasteiger charge is -2.16. The monoisotopic (exact) mass is 302 g/mol. The number of hydrogen-bond acceptors (Lipinski definition) is 3. The first kappa shape index (κ1) is 15.5. The number of rotatable bonds is 7. The van der Waals surface area contributed by atoms with Crippen LogP contribution in [0.25, 0.3) is 0 Å². The smallest absolute Gasteiger partial charge is 0.222 e. The molecule has 3 rings (SSSR count). The summed E-state index contributed by atoms with van der Waals surface area (Å²) in [5, 5.41) is 0. The number of nitrogens with zero attached hydrogens (tertiary/aromatic N) is 1. The van der Waals surface area contributed by atoms with Gasteiger partial charge in [0.1, 0.15) is 0 Å². The molecular formula is C18H26N2O2. The summed E-state index contributed by atoms with van der Waals surface area (Å²) in [6, 6.07) is 10.3. The van der Waals surface area contributed by atoms with Gasteiger partial charge in [0.15, 0.2) is 0 Å². The first-order valence-corrected chi connectivity index (χ1v) is 8.39. The molecule has 2 aliphatic rings. The SMILES string of the molecule is N[C@@H]1CN(C(=O)CCCOCc2ccccc2)C[C@H]1C1CC1. The highest BCUT2D eigenvalue weighted by Crippen LogP contribution is 2.40. The Morgan fingerprint density at radius 3 is 2.73 bits per heavy atom. The fourth-order valence-electron chi connectivity index (χ4n) is 3.33. The number of benzene rings is 1. The molecule has 1 aliphatic carbocycles. The Hall–Kier alpha value is -1.39. The molecule has 1 amide bonds. The van der Waals surface area contributed by atoms with E-state index in [0.29, 0.717) is 25.6 Å². The number of ether oxygens (including phenoxy) is 1. The molecule has 1 aromatic rings. The van der Waals surface area contributed by atoms with E-state index < -0.39 is 0 Å². The maximum absolute atomic E-state index is 12.2. The van der Waals surface area contributed by atoms with Crippen molar-refractivity contribution in [1.29, 1.82) is 0 Å². The second-order valence-electron chi connectivity index (χ2n) is 6.61. The van der Waals surface area contributed by atoms with Crippen molar-refractivity contribution < 1.29 is 9.53 Å². The van der Waals surface area contributed by atoms with Crippen molar-refractivity contribution in [2.24, 2.45) is 17.6 Å². The summed E-state index contributed by atoms with van der Waals surface area (Å²) in [7, 11) is 0. The largest absolute Gasteiger partial charge is 0.377 e. The van der Waals surface area contributed by atoms with Crippen LogP contribution in [0.3, 0.4) is 0 Å². The molecule has 0 bridgehead atoms.